The monoisotopic (exact) mass is 323 g/mol. The highest BCUT2D eigenvalue weighted by atomic mass is 16.5. The summed E-state index contributed by atoms with van der Waals surface area (Å²) in [6.45, 7) is 3.84. The van der Waals surface area contributed by atoms with Gasteiger partial charge >= 0.3 is 0 Å². The van der Waals surface area contributed by atoms with Crippen molar-refractivity contribution in [2.45, 2.75) is 13.8 Å². The number of rotatable bonds is 5. The fraction of sp³-hybridized carbons (Fsp3) is 0.176. The van der Waals surface area contributed by atoms with E-state index in [-0.39, 0.29) is 18.5 Å². The van der Waals surface area contributed by atoms with E-state index in [0.717, 1.165) is 16.7 Å². The molecule has 2 N–H and O–H groups in total. The van der Waals surface area contributed by atoms with E-state index >= 15 is 0 Å². The molecule has 3 aromatic rings. The Balaban J connectivity index is 1.58. The van der Waals surface area contributed by atoms with Crippen LogP contribution in [0.5, 0.6) is 5.75 Å². The summed E-state index contributed by atoms with van der Waals surface area (Å²) in [6, 6.07) is 9.40. The van der Waals surface area contributed by atoms with Gasteiger partial charge in [0.25, 0.3) is 5.91 Å². The fourth-order valence-corrected chi connectivity index (χ4v) is 2.22. The fourth-order valence-electron chi connectivity index (χ4n) is 2.22. The zero-order chi connectivity index (χ0) is 16.9. The Morgan fingerprint density at radius 2 is 2.00 bits per heavy atom. The van der Waals surface area contributed by atoms with Crippen LogP contribution in [0.3, 0.4) is 0 Å². The molecule has 0 spiro atoms. The first kappa shape index (κ1) is 15.7. The number of carbonyl (C=O) groups excluding carboxylic acids is 1. The molecule has 0 saturated heterocycles. The third kappa shape index (κ3) is 3.75. The summed E-state index contributed by atoms with van der Waals surface area (Å²) in [6.07, 6.45) is 3.32. The van der Waals surface area contributed by atoms with Crippen LogP contribution in [0, 0.1) is 13.8 Å². The molecule has 1 amide bonds. The molecule has 24 heavy (non-hydrogen) atoms. The van der Waals surface area contributed by atoms with E-state index in [9.17, 15) is 4.79 Å². The molecule has 7 heteroatoms. The van der Waals surface area contributed by atoms with E-state index in [4.69, 9.17) is 4.74 Å². The molecule has 0 bridgehead atoms. The van der Waals surface area contributed by atoms with Crippen molar-refractivity contribution in [2.75, 3.05) is 11.9 Å². The van der Waals surface area contributed by atoms with Crippen molar-refractivity contribution in [1.29, 1.82) is 0 Å². The van der Waals surface area contributed by atoms with Crippen molar-refractivity contribution >= 4 is 11.9 Å². The van der Waals surface area contributed by atoms with Crippen LogP contribution in [0.1, 0.15) is 11.1 Å². The number of H-pyrrole nitrogens is 1. The lowest BCUT2D eigenvalue weighted by molar-refractivity contribution is -0.118. The number of aromatic nitrogens is 4. The Bertz CT molecular complexity index is 845. The maximum absolute atomic E-state index is 12.0. The molecule has 3 rings (SSSR count). The van der Waals surface area contributed by atoms with Crippen molar-refractivity contribution in [2.24, 2.45) is 0 Å². The second kappa shape index (κ2) is 6.91. The highest BCUT2D eigenvalue weighted by molar-refractivity contribution is 5.90. The predicted octanol–water partition coefficient (Wildman–Crippen LogP) is 2.50. The van der Waals surface area contributed by atoms with Crippen LogP contribution < -0.4 is 10.1 Å². The quantitative estimate of drug-likeness (QED) is 0.752. The average Bonchev–Trinajstić information content (AvgIpc) is 3.03. The standard InChI is InChI=1S/C17H17N5O2/c1-11-3-4-14(12(2)9-11)24-10-15(23)19-17-20-16(21-22-17)13-5-7-18-8-6-13/h3-9H,10H2,1-2H3,(H2,19,20,21,22,23). The van der Waals surface area contributed by atoms with Crippen LogP contribution in [-0.4, -0.2) is 32.7 Å². The van der Waals surface area contributed by atoms with Crippen LogP contribution in [0.25, 0.3) is 11.4 Å². The third-order valence-electron chi connectivity index (χ3n) is 3.38. The molecular weight excluding hydrogens is 306 g/mol. The normalized spacial score (nSPS) is 10.4. The molecule has 2 aromatic heterocycles. The summed E-state index contributed by atoms with van der Waals surface area (Å²) in [5, 5.41) is 9.34. The van der Waals surface area contributed by atoms with Crippen molar-refractivity contribution < 1.29 is 9.53 Å². The SMILES string of the molecule is Cc1ccc(OCC(=O)Nc2n[nH]c(-c3ccncc3)n2)c(C)c1. The van der Waals surface area contributed by atoms with Gasteiger partial charge in [-0.2, -0.15) is 4.98 Å². The first-order valence-electron chi connectivity index (χ1n) is 7.44. The first-order chi connectivity index (χ1) is 11.6. The zero-order valence-electron chi connectivity index (χ0n) is 13.4. The van der Waals surface area contributed by atoms with Gasteiger partial charge in [0.15, 0.2) is 12.4 Å². The van der Waals surface area contributed by atoms with Crippen LogP contribution >= 0.6 is 0 Å². The predicted molar refractivity (Wildman–Crippen MR) is 89.7 cm³/mol. The zero-order valence-corrected chi connectivity index (χ0v) is 13.4. The number of aryl methyl sites for hydroxylation is 2. The number of nitrogens with one attached hydrogen (secondary N) is 2. The lowest BCUT2D eigenvalue weighted by Crippen LogP contribution is -2.21. The molecule has 0 radical (unpaired) electrons. The minimum Gasteiger partial charge on any atom is -0.483 e. The summed E-state index contributed by atoms with van der Waals surface area (Å²) < 4.78 is 5.53. The summed E-state index contributed by atoms with van der Waals surface area (Å²) in [5.74, 6) is 1.12. The van der Waals surface area contributed by atoms with Crippen LogP contribution in [0.4, 0.5) is 5.95 Å². The van der Waals surface area contributed by atoms with Gasteiger partial charge in [-0.3, -0.25) is 20.2 Å². The molecule has 122 valence electrons. The highest BCUT2D eigenvalue weighted by Crippen LogP contribution is 2.18. The Morgan fingerprint density at radius 1 is 1.21 bits per heavy atom. The highest BCUT2D eigenvalue weighted by Gasteiger charge is 2.10. The Morgan fingerprint density at radius 3 is 2.75 bits per heavy atom. The van der Waals surface area contributed by atoms with Gasteiger partial charge in [0.05, 0.1) is 0 Å². The van der Waals surface area contributed by atoms with Gasteiger partial charge in [-0.15, -0.1) is 5.10 Å². The number of hydrogen-bond acceptors (Lipinski definition) is 5. The molecule has 1 aromatic carbocycles. The topological polar surface area (TPSA) is 92.8 Å². The van der Waals surface area contributed by atoms with E-state index in [1.807, 2.05) is 32.0 Å². The summed E-state index contributed by atoms with van der Waals surface area (Å²) in [4.78, 5) is 20.1. The number of carbonyl (C=O) groups is 1. The van der Waals surface area contributed by atoms with E-state index in [0.29, 0.717) is 11.6 Å². The Kier molecular flexibility index (Phi) is 4.51. The van der Waals surface area contributed by atoms with Gasteiger partial charge in [-0.1, -0.05) is 17.7 Å². The van der Waals surface area contributed by atoms with E-state index in [1.54, 1.807) is 24.5 Å². The molecule has 0 aliphatic heterocycles. The number of aromatic amines is 1. The minimum atomic E-state index is -0.324. The number of anilines is 1. The second-order valence-electron chi connectivity index (χ2n) is 5.35. The van der Waals surface area contributed by atoms with Gasteiger partial charge < -0.3 is 4.74 Å². The smallest absolute Gasteiger partial charge is 0.264 e. The average molecular weight is 323 g/mol. The number of benzene rings is 1. The van der Waals surface area contributed by atoms with Crippen molar-refractivity contribution in [3.05, 3.63) is 53.9 Å². The molecule has 0 unspecified atom stereocenters. The number of amides is 1. The van der Waals surface area contributed by atoms with Gasteiger partial charge in [0, 0.05) is 18.0 Å². The lowest BCUT2D eigenvalue weighted by Gasteiger charge is -2.08. The largest absolute Gasteiger partial charge is 0.483 e. The van der Waals surface area contributed by atoms with E-state index < -0.39 is 0 Å². The van der Waals surface area contributed by atoms with Crippen molar-refractivity contribution in [3.63, 3.8) is 0 Å². The van der Waals surface area contributed by atoms with Gasteiger partial charge in [-0.25, -0.2) is 0 Å². The molecule has 2 heterocycles. The molecule has 0 atom stereocenters. The van der Waals surface area contributed by atoms with Gasteiger partial charge in [0.1, 0.15) is 5.75 Å². The summed E-state index contributed by atoms with van der Waals surface area (Å²) in [7, 11) is 0. The summed E-state index contributed by atoms with van der Waals surface area (Å²) in [5.41, 5.74) is 2.97. The molecular formula is C17H17N5O2. The maximum atomic E-state index is 12.0. The molecule has 0 aliphatic rings. The second-order valence-corrected chi connectivity index (χ2v) is 5.35. The molecule has 7 nitrogen and oxygen atoms in total. The van der Waals surface area contributed by atoms with Gasteiger partial charge in [-0.05, 0) is 37.6 Å². The lowest BCUT2D eigenvalue weighted by atomic mass is 10.1. The Hall–Kier alpha value is -3.22. The number of nitrogens with zero attached hydrogens (tertiary/aromatic N) is 3. The molecule has 0 fully saturated rings. The maximum Gasteiger partial charge on any atom is 0.264 e. The molecule has 0 aliphatic carbocycles. The number of pyridine rings is 1. The van der Waals surface area contributed by atoms with Crippen LogP contribution in [-0.2, 0) is 4.79 Å². The first-order valence-corrected chi connectivity index (χ1v) is 7.44. The van der Waals surface area contributed by atoms with Crippen LogP contribution in [0.2, 0.25) is 0 Å². The number of hydrogen-bond donors (Lipinski definition) is 2. The summed E-state index contributed by atoms with van der Waals surface area (Å²) >= 11 is 0. The van der Waals surface area contributed by atoms with Gasteiger partial charge in [0.2, 0.25) is 5.95 Å². The third-order valence-corrected chi connectivity index (χ3v) is 3.38. The van der Waals surface area contributed by atoms with Crippen LogP contribution in [0.15, 0.2) is 42.7 Å². The van der Waals surface area contributed by atoms with Crippen molar-refractivity contribution in [3.8, 4) is 17.1 Å². The molecule has 0 saturated carbocycles. The number of ether oxygens (including phenoxy) is 1. The minimum absolute atomic E-state index is 0.108. The van der Waals surface area contributed by atoms with E-state index in [2.05, 4.69) is 25.5 Å². The Labute approximate surface area is 139 Å². The van der Waals surface area contributed by atoms with Crippen molar-refractivity contribution in [1.82, 2.24) is 20.2 Å². The van der Waals surface area contributed by atoms with E-state index in [1.165, 1.54) is 0 Å².